The largest absolute Gasteiger partial charge is 0.669 e. The van der Waals surface area contributed by atoms with E-state index in [1.54, 1.807) is 21.5 Å². The Balaban J connectivity index is 0.000000184. The fraction of sp³-hybridized carbons (Fsp3) is 0.121. The maximum absolute atomic E-state index is 7.34. The van der Waals surface area contributed by atoms with Crippen molar-refractivity contribution in [1.29, 1.82) is 0 Å². The van der Waals surface area contributed by atoms with Gasteiger partial charge in [0.15, 0.2) is 0 Å². The minimum Gasteiger partial charge on any atom is -0.669 e. The molecular weight excluding hydrogens is 1270 g/mol. The average molecular weight is 1320 g/mol. The number of fused-ring (bicyclic) bond motifs is 8. The van der Waals surface area contributed by atoms with Crippen LogP contribution in [-0.2, 0) is 53.0 Å². The molecule has 6 nitrogen and oxygen atoms in total. The summed E-state index contributed by atoms with van der Waals surface area (Å²) >= 11 is 0. The zero-order chi connectivity index (χ0) is 50.0. The summed E-state index contributed by atoms with van der Waals surface area (Å²) in [6, 6.07) is 75.1. The molecule has 8 heteroatoms. The van der Waals surface area contributed by atoms with Crippen molar-refractivity contribution in [3.8, 4) is 46.5 Å². The standard InChI is InChI=1S/C38H32N2O2.2C14H8N.2Pt/c1-37(2,3)31-17-15-27(23-33(31)41-35-29-13-9-7-11-25(29)19-21-39-35)28-16-18-32(38(4,5)6)34(24-28)42-36-30-14-10-8-12-26(30)20-22-40-36;2*1-2-15-13-9-5-3-7-11(13)12-8-4-6-10-14(12)15;;/h7-14,17-22H,1-6H3;2*3-10H;;/q-4;2*-1;;. The summed E-state index contributed by atoms with van der Waals surface area (Å²) in [4.78, 5) is 9.11. The van der Waals surface area contributed by atoms with E-state index in [2.05, 4.69) is 124 Å². The van der Waals surface area contributed by atoms with E-state index in [1.807, 2.05) is 133 Å². The molecule has 12 rings (SSSR count). The number of hydrogen-bond donors (Lipinski definition) is 0. The van der Waals surface area contributed by atoms with Gasteiger partial charge in [0.2, 0.25) is 11.8 Å². The van der Waals surface area contributed by atoms with Crippen LogP contribution in [0.5, 0.6) is 23.3 Å². The van der Waals surface area contributed by atoms with Crippen LogP contribution in [0.15, 0.2) is 182 Å². The second-order valence-electron chi connectivity index (χ2n) is 19.4. The molecule has 4 heterocycles. The van der Waals surface area contributed by atoms with Gasteiger partial charge in [0.25, 0.3) is 0 Å². The predicted octanol–water partition coefficient (Wildman–Crippen LogP) is 16.2. The summed E-state index contributed by atoms with van der Waals surface area (Å²) in [5.41, 5.74) is 7.04. The van der Waals surface area contributed by atoms with Gasteiger partial charge in [0.05, 0.1) is 22.1 Å². The van der Waals surface area contributed by atoms with E-state index in [9.17, 15) is 0 Å². The molecule has 8 aromatic carbocycles. The SMILES string of the molecule is CC(C)(C)c1c[c-]c(-c2[c-]cc(C(C)(C)C)c(Oc3nccc4ccccc34)[c-]2)[c-]c1Oc1nccc2ccccc12.[C-]#Cn1c2ccccc2c2ccccc21.[C-]#Cn1c2ccccc2c2ccccc21.[Pt].[Pt]. The molecule has 370 valence electrons. The second kappa shape index (κ2) is 22.2. The zero-order valence-corrected chi connectivity index (χ0v) is 46.1. The number of nitrogens with zero attached hydrogens (tertiary/aromatic N) is 4. The summed E-state index contributed by atoms with van der Waals surface area (Å²) in [5, 5.41) is 8.69. The molecule has 0 aliphatic carbocycles. The topological polar surface area (TPSA) is 54.1 Å². The van der Waals surface area contributed by atoms with Gasteiger partial charge in [-0.15, -0.1) is 0 Å². The van der Waals surface area contributed by atoms with Crippen molar-refractivity contribution in [1.82, 2.24) is 19.1 Å². The van der Waals surface area contributed by atoms with Gasteiger partial charge in [0, 0.05) is 86.8 Å². The molecule has 0 amide bonds. The molecule has 0 fully saturated rings. The van der Waals surface area contributed by atoms with Crippen LogP contribution < -0.4 is 9.47 Å². The van der Waals surface area contributed by atoms with Gasteiger partial charge in [0.1, 0.15) is 0 Å². The summed E-state index contributed by atoms with van der Waals surface area (Å²) < 4.78 is 16.6. The van der Waals surface area contributed by atoms with Gasteiger partial charge < -0.3 is 66.8 Å². The molecule has 0 radical (unpaired) electrons. The smallest absolute Gasteiger partial charge is 0.223 e. The molecule has 0 atom stereocenters. The van der Waals surface area contributed by atoms with E-state index in [-0.39, 0.29) is 53.0 Å². The van der Waals surface area contributed by atoms with Crippen molar-refractivity contribution < 1.29 is 51.6 Å². The minimum absolute atomic E-state index is 0. The number of pyridine rings is 2. The van der Waals surface area contributed by atoms with Crippen LogP contribution in [0.3, 0.4) is 0 Å². The Morgan fingerprint density at radius 3 is 1.03 bits per heavy atom. The van der Waals surface area contributed by atoms with Gasteiger partial charge in [-0.05, 0) is 59.3 Å². The van der Waals surface area contributed by atoms with Gasteiger partial charge in [-0.3, -0.25) is 0 Å². The molecule has 4 aromatic heterocycles. The van der Waals surface area contributed by atoms with Gasteiger partial charge in [-0.25, -0.2) is 34.2 Å². The van der Waals surface area contributed by atoms with Crippen LogP contribution in [0.2, 0.25) is 0 Å². The second-order valence-corrected chi connectivity index (χ2v) is 19.4. The van der Waals surface area contributed by atoms with Crippen LogP contribution in [0.25, 0.3) is 76.3 Å². The number of para-hydroxylation sites is 4. The van der Waals surface area contributed by atoms with E-state index in [0.29, 0.717) is 34.4 Å². The molecule has 0 N–H and O–H groups in total. The van der Waals surface area contributed by atoms with E-state index >= 15 is 0 Å². The first-order valence-corrected chi connectivity index (χ1v) is 23.7. The Morgan fingerprint density at radius 2 is 0.716 bits per heavy atom. The molecule has 0 aliphatic heterocycles. The number of rotatable bonds is 5. The van der Waals surface area contributed by atoms with Crippen molar-refractivity contribution in [2.24, 2.45) is 0 Å². The number of aromatic nitrogens is 4. The first kappa shape index (κ1) is 52.6. The Bertz CT molecular complexity index is 3690. The molecule has 0 saturated carbocycles. The average Bonchev–Trinajstić information content (AvgIpc) is 3.91. The maximum atomic E-state index is 7.34. The van der Waals surface area contributed by atoms with Crippen LogP contribution >= 0.6 is 0 Å². The fourth-order valence-electron chi connectivity index (χ4n) is 9.02. The molecule has 0 spiro atoms. The van der Waals surface area contributed by atoms with Crippen molar-refractivity contribution in [2.75, 3.05) is 0 Å². The van der Waals surface area contributed by atoms with Crippen LogP contribution in [0, 0.1) is 49.2 Å². The van der Waals surface area contributed by atoms with Gasteiger partial charge in [-0.2, -0.15) is 11.1 Å². The molecule has 0 bridgehead atoms. The van der Waals surface area contributed by atoms with Crippen LogP contribution in [0.4, 0.5) is 0 Å². The van der Waals surface area contributed by atoms with Gasteiger partial charge in [-0.1, -0.05) is 173 Å². The fourth-order valence-corrected chi connectivity index (χ4v) is 9.02. The quantitative estimate of drug-likeness (QED) is 0.127. The Labute approximate surface area is 461 Å². The summed E-state index contributed by atoms with van der Waals surface area (Å²) in [7, 11) is 0. The maximum Gasteiger partial charge on any atom is 0.223 e. The predicted molar refractivity (Wildman–Crippen MR) is 292 cm³/mol. The van der Waals surface area contributed by atoms with Crippen LogP contribution in [-0.4, -0.2) is 19.1 Å². The van der Waals surface area contributed by atoms with Crippen LogP contribution in [0.1, 0.15) is 52.7 Å². The molecule has 0 unspecified atom stereocenters. The first-order chi connectivity index (χ1) is 34.9. The molecule has 0 saturated heterocycles. The Hall–Kier alpha value is -7.72. The Morgan fingerprint density at radius 1 is 0.419 bits per heavy atom. The zero-order valence-electron chi connectivity index (χ0n) is 41.6. The summed E-state index contributed by atoms with van der Waals surface area (Å²) in [5.74, 6) is 2.27. The third-order valence-corrected chi connectivity index (χ3v) is 12.6. The number of hydrogen-bond acceptors (Lipinski definition) is 4. The molecule has 12 aromatic rings. The third kappa shape index (κ3) is 10.5. The van der Waals surface area contributed by atoms with Crippen molar-refractivity contribution in [2.45, 2.75) is 52.4 Å². The Kier molecular flexibility index (Phi) is 15.8. The first-order valence-electron chi connectivity index (χ1n) is 23.7. The van der Waals surface area contributed by atoms with Crippen molar-refractivity contribution in [3.05, 3.63) is 230 Å². The van der Waals surface area contributed by atoms with E-state index < -0.39 is 0 Å². The molecule has 74 heavy (non-hydrogen) atoms. The normalized spacial score (nSPS) is 11.1. The monoisotopic (exact) mass is 1320 g/mol. The summed E-state index contributed by atoms with van der Waals surface area (Å²) in [6.45, 7) is 12.9. The van der Waals surface area contributed by atoms with E-state index in [0.717, 1.165) is 54.7 Å². The number of benzene rings is 8. The summed E-state index contributed by atoms with van der Waals surface area (Å²) in [6.07, 6.45) is 18.2. The van der Waals surface area contributed by atoms with Crippen molar-refractivity contribution in [3.63, 3.8) is 0 Å². The minimum atomic E-state index is -0.205. The molecule has 0 aliphatic rings. The number of ether oxygens (including phenoxy) is 2. The third-order valence-electron chi connectivity index (χ3n) is 12.6. The molecular formula is C66H48N4O2Pt2-6. The van der Waals surface area contributed by atoms with E-state index in [4.69, 9.17) is 22.3 Å². The van der Waals surface area contributed by atoms with E-state index in [1.165, 1.54) is 21.5 Å². The van der Waals surface area contributed by atoms with Gasteiger partial charge >= 0.3 is 0 Å². The van der Waals surface area contributed by atoms with Crippen molar-refractivity contribution >= 4 is 65.2 Å².